The molecule has 222 valence electrons. The quantitative estimate of drug-likeness (QED) is 0.372. The van der Waals surface area contributed by atoms with Crippen molar-refractivity contribution in [2.45, 2.75) is 64.7 Å². The number of carbonyl (C=O) groups is 2. The Hall–Kier alpha value is -3.43. The standard InChI is InChI=1S/C30H34BrFN6O4/c1-4-42-29-21-12-19(14-36-9-8-35(16(2)3)15-23(36)39)38(27-18-11-22(27)37(13-18)30(40)41)28(21)20-10-17(6-5-7-33)24(31)25(32)26(20)34-29/h10,12,16,18,22,27H,4-6,8-9,11,13-15H2,1-3H3,(H,40,41)/t18-,22-,27+/m1/s1. The number of carbonyl (C=O) groups excluding carboxylic acids is 1. The molecule has 3 atom stereocenters. The molecule has 1 N–H and O–H groups in total. The van der Waals surface area contributed by atoms with E-state index in [4.69, 9.17) is 4.74 Å². The van der Waals surface area contributed by atoms with E-state index in [1.54, 1.807) is 0 Å². The number of carboxylic acid groups (broad SMARTS) is 1. The minimum atomic E-state index is -0.946. The van der Waals surface area contributed by atoms with E-state index < -0.39 is 11.9 Å². The average Bonchev–Trinajstić information content (AvgIpc) is 3.65. The number of nitriles is 1. The van der Waals surface area contributed by atoms with Crippen LogP contribution >= 0.6 is 15.9 Å². The number of hydrogen-bond acceptors (Lipinski definition) is 6. The van der Waals surface area contributed by atoms with Gasteiger partial charge in [0.25, 0.3) is 0 Å². The fourth-order valence-corrected chi connectivity index (χ4v) is 7.44. The second-order valence-electron chi connectivity index (χ2n) is 11.7. The van der Waals surface area contributed by atoms with Crippen molar-refractivity contribution in [2.75, 3.05) is 32.8 Å². The molecule has 3 saturated heterocycles. The fraction of sp³-hybridized carbons (Fsp3) is 0.533. The summed E-state index contributed by atoms with van der Waals surface area (Å²) in [5.74, 6) is -0.0852. The molecule has 2 aromatic heterocycles. The van der Waals surface area contributed by atoms with Gasteiger partial charge in [-0.1, -0.05) is 0 Å². The number of aryl methyl sites for hydroxylation is 1. The minimum Gasteiger partial charge on any atom is -0.477 e. The molecule has 0 spiro atoms. The largest absolute Gasteiger partial charge is 0.477 e. The van der Waals surface area contributed by atoms with Crippen LogP contribution in [0.2, 0.25) is 0 Å². The van der Waals surface area contributed by atoms with Gasteiger partial charge < -0.3 is 24.2 Å². The number of rotatable bonds is 8. The van der Waals surface area contributed by atoms with Crippen LogP contribution in [0.25, 0.3) is 21.8 Å². The van der Waals surface area contributed by atoms with Gasteiger partial charge in [-0.3, -0.25) is 9.69 Å². The third-order valence-corrected chi connectivity index (χ3v) is 9.94. The van der Waals surface area contributed by atoms with Crippen molar-refractivity contribution in [1.29, 1.82) is 5.26 Å². The summed E-state index contributed by atoms with van der Waals surface area (Å²) in [4.78, 5) is 35.5. The predicted octanol–water partition coefficient (Wildman–Crippen LogP) is 4.92. The topological polar surface area (TPSA) is 115 Å². The highest BCUT2D eigenvalue weighted by atomic mass is 79.9. The third-order valence-electron chi connectivity index (χ3n) is 9.09. The zero-order valence-corrected chi connectivity index (χ0v) is 25.5. The Kier molecular flexibility index (Phi) is 7.51. The van der Waals surface area contributed by atoms with Gasteiger partial charge in [-0.15, -0.1) is 0 Å². The smallest absolute Gasteiger partial charge is 0.407 e. The lowest BCUT2D eigenvalue weighted by molar-refractivity contribution is -0.137. The number of pyridine rings is 1. The highest BCUT2D eigenvalue weighted by molar-refractivity contribution is 9.10. The summed E-state index contributed by atoms with van der Waals surface area (Å²) < 4.78 is 24.3. The van der Waals surface area contributed by atoms with E-state index in [1.165, 1.54) is 4.90 Å². The second kappa shape index (κ2) is 11.0. The number of fused-ring (bicyclic) bond motifs is 4. The van der Waals surface area contributed by atoms with Crippen LogP contribution in [0.4, 0.5) is 9.18 Å². The van der Waals surface area contributed by atoms with Crippen LogP contribution in [-0.2, 0) is 17.8 Å². The first-order chi connectivity index (χ1) is 20.1. The van der Waals surface area contributed by atoms with Crippen LogP contribution in [-0.4, -0.2) is 86.2 Å². The summed E-state index contributed by atoms with van der Waals surface area (Å²) in [6, 6.07) is 5.89. The van der Waals surface area contributed by atoms with Gasteiger partial charge in [0.05, 0.1) is 53.2 Å². The summed E-state index contributed by atoms with van der Waals surface area (Å²) in [5.41, 5.74) is 2.38. The highest BCUT2D eigenvalue weighted by Gasteiger charge is 2.55. The molecule has 0 radical (unpaired) electrons. The minimum absolute atomic E-state index is 0.0391. The van der Waals surface area contributed by atoms with E-state index >= 15 is 4.39 Å². The molecule has 1 saturated carbocycles. The molecule has 3 aromatic rings. The van der Waals surface area contributed by atoms with E-state index in [9.17, 15) is 20.0 Å². The molecule has 0 unspecified atom stereocenters. The van der Waals surface area contributed by atoms with E-state index in [2.05, 4.69) is 50.3 Å². The Morgan fingerprint density at radius 1 is 1.31 bits per heavy atom. The first-order valence-electron chi connectivity index (χ1n) is 14.5. The van der Waals surface area contributed by atoms with Crippen molar-refractivity contribution in [1.82, 2.24) is 24.3 Å². The third kappa shape index (κ3) is 4.57. The van der Waals surface area contributed by atoms with Gasteiger partial charge in [-0.2, -0.15) is 5.26 Å². The lowest BCUT2D eigenvalue weighted by Crippen LogP contribution is -2.52. The molecule has 7 rings (SSSR count). The highest BCUT2D eigenvalue weighted by Crippen LogP contribution is 2.52. The van der Waals surface area contributed by atoms with Gasteiger partial charge in [0.15, 0.2) is 5.82 Å². The molecule has 1 aliphatic carbocycles. The fourth-order valence-electron chi connectivity index (χ4n) is 6.94. The molecule has 2 amide bonds. The Morgan fingerprint density at radius 3 is 2.74 bits per heavy atom. The first-order valence-corrected chi connectivity index (χ1v) is 15.3. The van der Waals surface area contributed by atoms with Gasteiger partial charge in [-0.25, -0.2) is 14.2 Å². The van der Waals surface area contributed by atoms with Gasteiger partial charge in [-0.05, 0) is 67.2 Å². The molecule has 42 heavy (non-hydrogen) atoms. The van der Waals surface area contributed by atoms with Crippen molar-refractivity contribution < 1.29 is 23.8 Å². The van der Waals surface area contributed by atoms with Crippen LogP contribution in [0.1, 0.15) is 50.9 Å². The van der Waals surface area contributed by atoms with E-state index in [0.29, 0.717) is 61.4 Å². The number of aromatic nitrogens is 2. The van der Waals surface area contributed by atoms with Crippen molar-refractivity contribution in [3.8, 4) is 11.9 Å². The van der Waals surface area contributed by atoms with E-state index in [-0.39, 0.29) is 46.4 Å². The molecular weight excluding hydrogens is 607 g/mol. The van der Waals surface area contributed by atoms with Crippen LogP contribution in [0.3, 0.4) is 0 Å². The van der Waals surface area contributed by atoms with Crippen molar-refractivity contribution in [3.05, 3.63) is 33.7 Å². The summed E-state index contributed by atoms with van der Waals surface area (Å²) in [5, 5.41) is 20.4. The maximum atomic E-state index is 15.9. The average molecular weight is 642 g/mol. The Morgan fingerprint density at radius 2 is 2.10 bits per heavy atom. The molecule has 3 aliphatic heterocycles. The molecule has 4 fully saturated rings. The van der Waals surface area contributed by atoms with Gasteiger partial charge in [0.2, 0.25) is 11.8 Å². The van der Waals surface area contributed by atoms with Gasteiger partial charge in [0.1, 0.15) is 5.52 Å². The van der Waals surface area contributed by atoms with E-state index in [0.717, 1.165) is 24.2 Å². The maximum Gasteiger partial charge on any atom is 0.407 e. The maximum absolute atomic E-state index is 15.9. The van der Waals surface area contributed by atoms with Crippen LogP contribution in [0, 0.1) is 23.1 Å². The van der Waals surface area contributed by atoms with Crippen molar-refractivity contribution >= 4 is 49.7 Å². The first kappa shape index (κ1) is 28.7. The molecule has 10 nitrogen and oxygen atoms in total. The van der Waals surface area contributed by atoms with Crippen LogP contribution in [0.5, 0.6) is 5.88 Å². The summed E-state index contributed by atoms with van der Waals surface area (Å²) in [6.07, 6.45) is 0.408. The zero-order chi connectivity index (χ0) is 29.9. The van der Waals surface area contributed by atoms with Crippen LogP contribution < -0.4 is 4.74 Å². The summed E-state index contributed by atoms with van der Waals surface area (Å²) in [7, 11) is 0. The Labute approximate surface area is 251 Å². The number of nitrogens with zero attached hydrogens (tertiary/aromatic N) is 6. The van der Waals surface area contributed by atoms with Gasteiger partial charge >= 0.3 is 6.09 Å². The number of amides is 2. The molecule has 2 bridgehead atoms. The number of piperazine rings is 1. The summed E-state index contributed by atoms with van der Waals surface area (Å²) >= 11 is 3.38. The number of hydrogen-bond donors (Lipinski definition) is 1. The van der Waals surface area contributed by atoms with E-state index in [1.807, 2.05) is 24.0 Å². The lowest BCUT2D eigenvalue weighted by Gasteiger charge is -2.40. The molecule has 4 aliphatic rings. The molecular formula is C30H34BrFN6O4. The van der Waals surface area contributed by atoms with Crippen molar-refractivity contribution in [3.63, 3.8) is 0 Å². The number of ether oxygens (including phenoxy) is 1. The van der Waals surface area contributed by atoms with Crippen LogP contribution in [0.15, 0.2) is 16.6 Å². The van der Waals surface area contributed by atoms with Gasteiger partial charge in [0, 0.05) is 49.1 Å². The number of halogens is 2. The summed E-state index contributed by atoms with van der Waals surface area (Å²) in [6.45, 7) is 8.80. The molecule has 12 heteroatoms. The Balaban J connectivity index is 1.57. The lowest BCUT2D eigenvalue weighted by atomic mass is 9.79. The Bertz CT molecular complexity index is 1630. The number of benzene rings is 1. The predicted molar refractivity (Wildman–Crippen MR) is 158 cm³/mol. The van der Waals surface area contributed by atoms with Crippen molar-refractivity contribution in [2.24, 2.45) is 5.92 Å². The SMILES string of the molecule is CCOc1nc2c(F)c(Br)c(CCC#N)cc2c2c1cc(CN1CCN(C(C)C)CC1=O)n2[C@H]1[C@@H]2C[C@H]1N(C(=O)O)C2. The zero-order valence-electron chi connectivity index (χ0n) is 23.9. The monoisotopic (exact) mass is 640 g/mol. The second-order valence-corrected chi connectivity index (χ2v) is 12.5. The normalized spacial score (nSPS) is 22.3. The molecule has 1 aromatic carbocycles. The molecule has 5 heterocycles.